The van der Waals surface area contributed by atoms with Gasteiger partial charge >= 0.3 is 0 Å². The van der Waals surface area contributed by atoms with Crippen molar-refractivity contribution in [1.82, 2.24) is 9.55 Å². The lowest BCUT2D eigenvalue weighted by molar-refractivity contribution is 0.478. The van der Waals surface area contributed by atoms with Crippen molar-refractivity contribution in [2.24, 2.45) is 0 Å². The first-order valence-electron chi connectivity index (χ1n) is 6.89. The van der Waals surface area contributed by atoms with Crippen LogP contribution in [0.2, 0.25) is 0 Å². The third-order valence-electron chi connectivity index (χ3n) is 3.40. The SMILES string of the molecule is CCCn1ccc2c(Nc3ncccc3F)c(O)ccc21.Cl. The van der Waals surface area contributed by atoms with Crippen molar-refractivity contribution in [3.63, 3.8) is 0 Å². The van der Waals surface area contributed by atoms with E-state index in [1.165, 1.54) is 18.3 Å². The zero-order valence-corrected chi connectivity index (χ0v) is 12.9. The van der Waals surface area contributed by atoms with Gasteiger partial charge in [-0.05, 0) is 36.8 Å². The molecule has 3 rings (SSSR count). The summed E-state index contributed by atoms with van der Waals surface area (Å²) in [4.78, 5) is 3.96. The monoisotopic (exact) mass is 321 g/mol. The summed E-state index contributed by atoms with van der Waals surface area (Å²) >= 11 is 0. The van der Waals surface area contributed by atoms with Crippen LogP contribution in [0.25, 0.3) is 10.9 Å². The summed E-state index contributed by atoms with van der Waals surface area (Å²) in [5, 5.41) is 13.8. The fraction of sp³-hybridized carbons (Fsp3) is 0.188. The zero-order chi connectivity index (χ0) is 14.8. The number of aromatic nitrogens is 2. The van der Waals surface area contributed by atoms with Gasteiger partial charge in [0.1, 0.15) is 5.75 Å². The van der Waals surface area contributed by atoms with Crippen LogP contribution in [0.4, 0.5) is 15.9 Å². The number of phenols is 1. The summed E-state index contributed by atoms with van der Waals surface area (Å²) in [5.74, 6) is -0.285. The normalized spacial score (nSPS) is 10.5. The molecule has 0 radical (unpaired) electrons. The third kappa shape index (κ3) is 2.85. The van der Waals surface area contributed by atoms with Crippen LogP contribution in [0.3, 0.4) is 0 Å². The van der Waals surface area contributed by atoms with Gasteiger partial charge < -0.3 is 15.0 Å². The standard InChI is InChI=1S/C16H16FN3O.ClH/c1-2-9-20-10-7-11-13(20)5-6-14(21)15(11)19-16-12(17)4-3-8-18-16;/h3-8,10,21H,2,9H2,1H3,(H,18,19);1H. The van der Waals surface area contributed by atoms with Crippen molar-refractivity contribution >= 4 is 34.8 Å². The molecule has 0 unspecified atom stereocenters. The van der Waals surface area contributed by atoms with Crippen molar-refractivity contribution in [1.29, 1.82) is 0 Å². The van der Waals surface area contributed by atoms with Crippen LogP contribution in [-0.4, -0.2) is 14.7 Å². The Morgan fingerprint density at radius 1 is 1.27 bits per heavy atom. The first-order chi connectivity index (χ1) is 10.2. The molecule has 2 N–H and O–H groups in total. The molecule has 0 fully saturated rings. The maximum absolute atomic E-state index is 13.7. The summed E-state index contributed by atoms with van der Waals surface area (Å²) in [5.41, 5.74) is 1.47. The number of anilines is 2. The Labute approximate surface area is 134 Å². The Hall–Kier alpha value is -2.27. The van der Waals surface area contributed by atoms with Crippen molar-refractivity contribution in [3.8, 4) is 5.75 Å². The first kappa shape index (κ1) is 16.1. The van der Waals surface area contributed by atoms with Gasteiger partial charge in [0.2, 0.25) is 0 Å². The molecule has 0 saturated heterocycles. The second-order valence-corrected chi connectivity index (χ2v) is 4.86. The zero-order valence-electron chi connectivity index (χ0n) is 12.1. The van der Waals surface area contributed by atoms with Gasteiger partial charge in [-0.15, -0.1) is 12.4 Å². The molecule has 0 aliphatic rings. The highest BCUT2D eigenvalue weighted by Crippen LogP contribution is 2.35. The number of phenolic OH excluding ortho intramolecular Hbond substituents is 1. The average molecular weight is 322 g/mol. The Balaban J connectivity index is 0.00000176. The molecular formula is C16H17ClFN3O. The van der Waals surface area contributed by atoms with E-state index >= 15 is 0 Å². The highest BCUT2D eigenvalue weighted by Gasteiger charge is 2.12. The molecule has 2 aromatic heterocycles. The molecule has 0 spiro atoms. The van der Waals surface area contributed by atoms with Gasteiger partial charge in [-0.25, -0.2) is 9.37 Å². The number of aromatic hydroxyl groups is 1. The minimum atomic E-state index is -0.457. The minimum absolute atomic E-state index is 0. The van der Waals surface area contributed by atoms with Crippen molar-refractivity contribution < 1.29 is 9.50 Å². The smallest absolute Gasteiger partial charge is 0.166 e. The summed E-state index contributed by atoms with van der Waals surface area (Å²) in [6.07, 6.45) is 4.49. The fourth-order valence-electron chi connectivity index (χ4n) is 2.42. The largest absolute Gasteiger partial charge is 0.506 e. The number of aryl methyl sites for hydroxylation is 1. The number of hydrogen-bond donors (Lipinski definition) is 2. The van der Waals surface area contributed by atoms with Crippen molar-refractivity contribution in [2.45, 2.75) is 19.9 Å². The van der Waals surface area contributed by atoms with Gasteiger partial charge in [0.15, 0.2) is 11.6 Å². The van der Waals surface area contributed by atoms with Gasteiger partial charge in [0.25, 0.3) is 0 Å². The predicted molar refractivity (Wildman–Crippen MR) is 88.6 cm³/mol. The Bertz CT molecular complexity index is 788. The van der Waals surface area contributed by atoms with E-state index in [1.807, 2.05) is 18.3 Å². The second-order valence-electron chi connectivity index (χ2n) is 4.86. The Kier molecular flexibility index (Phi) is 4.88. The lowest BCUT2D eigenvalue weighted by Gasteiger charge is -2.11. The van der Waals surface area contributed by atoms with Crippen LogP contribution in [0.15, 0.2) is 42.7 Å². The number of nitrogens with zero attached hydrogens (tertiary/aromatic N) is 2. The molecule has 1 aromatic carbocycles. The van der Waals surface area contributed by atoms with Crippen LogP contribution in [0.5, 0.6) is 5.75 Å². The highest BCUT2D eigenvalue weighted by atomic mass is 35.5. The van der Waals surface area contributed by atoms with Crippen LogP contribution in [0.1, 0.15) is 13.3 Å². The summed E-state index contributed by atoms with van der Waals surface area (Å²) < 4.78 is 15.8. The molecule has 3 aromatic rings. The molecule has 0 atom stereocenters. The number of rotatable bonds is 4. The molecule has 0 bridgehead atoms. The van der Waals surface area contributed by atoms with Crippen LogP contribution < -0.4 is 5.32 Å². The maximum Gasteiger partial charge on any atom is 0.166 e. The van der Waals surface area contributed by atoms with E-state index in [1.54, 1.807) is 6.07 Å². The van der Waals surface area contributed by atoms with Gasteiger partial charge in [-0.2, -0.15) is 0 Å². The number of pyridine rings is 1. The topological polar surface area (TPSA) is 50.1 Å². The number of halogens is 2. The van der Waals surface area contributed by atoms with Crippen LogP contribution in [-0.2, 0) is 6.54 Å². The predicted octanol–water partition coefficient (Wildman–Crippen LogP) is 4.46. The van der Waals surface area contributed by atoms with Gasteiger partial charge in [0, 0.05) is 24.3 Å². The molecule has 0 saturated carbocycles. The molecule has 0 amide bonds. The first-order valence-corrected chi connectivity index (χ1v) is 6.89. The van der Waals surface area contributed by atoms with Crippen LogP contribution in [0, 0.1) is 5.82 Å². The van der Waals surface area contributed by atoms with Crippen molar-refractivity contribution in [2.75, 3.05) is 5.32 Å². The van der Waals surface area contributed by atoms with E-state index in [9.17, 15) is 9.50 Å². The van der Waals surface area contributed by atoms with E-state index in [0.717, 1.165) is 23.9 Å². The Morgan fingerprint density at radius 2 is 2.09 bits per heavy atom. The fourth-order valence-corrected chi connectivity index (χ4v) is 2.42. The summed E-state index contributed by atoms with van der Waals surface area (Å²) in [7, 11) is 0. The van der Waals surface area contributed by atoms with E-state index in [2.05, 4.69) is 21.8 Å². The Morgan fingerprint density at radius 3 is 2.82 bits per heavy atom. The molecule has 0 aliphatic carbocycles. The third-order valence-corrected chi connectivity index (χ3v) is 3.40. The second kappa shape index (κ2) is 6.66. The summed E-state index contributed by atoms with van der Waals surface area (Å²) in [6, 6.07) is 8.24. The molecular weight excluding hydrogens is 305 g/mol. The van der Waals surface area contributed by atoms with Gasteiger partial charge in [-0.1, -0.05) is 6.92 Å². The van der Waals surface area contributed by atoms with Gasteiger partial charge in [-0.3, -0.25) is 0 Å². The van der Waals surface area contributed by atoms with E-state index in [-0.39, 0.29) is 24.0 Å². The highest BCUT2D eigenvalue weighted by molar-refractivity contribution is 5.97. The average Bonchev–Trinajstić information content (AvgIpc) is 2.88. The maximum atomic E-state index is 13.7. The molecule has 116 valence electrons. The van der Waals surface area contributed by atoms with E-state index in [0.29, 0.717) is 5.69 Å². The number of nitrogens with one attached hydrogen (secondary N) is 1. The molecule has 2 heterocycles. The van der Waals surface area contributed by atoms with E-state index < -0.39 is 5.82 Å². The van der Waals surface area contributed by atoms with Gasteiger partial charge in [0.05, 0.1) is 11.2 Å². The van der Waals surface area contributed by atoms with Crippen molar-refractivity contribution in [3.05, 3.63) is 48.5 Å². The molecule has 6 heteroatoms. The quantitative estimate of drug-likeness (QED) is 0.698. The van der Waals surface area contributed by atoms with Crippen LogP contribution >= 0.6 is 12.4 Å². The molecule has 4 nitrogen and oxygen atoms in total. The summed E-state index contributed by atoms with van der Waals surface area (Å²) in [6.45, 7) is 3.00. The van der Waals surface area contributed by atoms with E-state index in [4.69, 9.17) is 0 Å². The number of benzene rings is 1. The molecule has 0 aliphatic heterocycles. The molecule has 22 heavy (non-hydrogen) atoms. The minimum Gasteiger partial charge on any atom is -0.506 e. The lowest BCUT2D eigenvalue weighted by atomic mass is 10.2. The number of fused-ring (bicyclic) bond motifs is 1. The number of hydrogen-bond acceptors (Lipinski definition) is 3. The lowest BCUT2D eigenvalue weighted by Crippen LogP contribution is -1.98.